The lowest BCUT2D eigenvalue weighted by atomic mass is 9.67. The van der Waals surface area contributed by atoms with Crippen LogP contribution in [0.3, 0.4) is 0 Å². The highest BCUT2D eigenvalue weighted by atomic mass is 16.4. The molecule has 0 aromatic rings. The summed E-state index contributed by atoms with van der Waals surface area (Å²) in [5.74, 6) is 0.160. The first-order valence-corrected chi connectivity index (χ1v) is 5.70. The van der Waals surface area contributed by atoms with E-state index in [1.165, 1.54) is 25.7 Å². The first kappa shape index (κ1) is 10.0. The summed E-state index contributed by atoms with van der Waals surface area (Å²) in [4.78, 5) is 10.6. The van der Waals surface area contributed by atoms with Crippen molar-refractivity contribution >= 4 is 5.97 Å². The largest absolute Gasteiger partial charge is 0.481 e. The summed E-state index contributed by atoms with van der Waals surface area (Å²) in [6.07, 6.45) is 6.51. The van der Waals surface area contributed by atoms with Crippen molar-refractivity contribution < 1.29 is 9.90 Å². The van der Waals surface area contributed by atoms with Gasteiger partial charge in [0.15, 0.2) is 0 Å². The Morgan fingerprint density at radius 2 is 1.93 bits per heavy atom. The van der Waals surface area contributed by atoms with E-state index >= 15 is 0 Å². The molecule has 0 unspecified atom stereocenters. The number of hydrogen-bond acceptors (Lipinski definition) is 1. The van der Waals surface area contributed by atoms with E-state index in [2.05, 4.69) is 13.8 Å². The second kappa shape index (κ2) is 2.98. The van der Waals surface area contributed by atoms with Crippen LogP contribution in [0.25, 0.3) is 0 Å². The molecule has 14 heavy (non-hydrogen) atoms. The average molecular weight is 196 g/mol. The second-order valence-corrected chi connectivity index (χ2v) is 5.65. The van der Waals surface area contributed by atoms with Crippen molar-refractivity contribution in [3.05, 3.63) is 0 Å². The van der Waals surface area contributed by atoms with Gasteiger partial charge in [0.2, 0.25) is 0 Å². The molecular formula is C12H20O2. The molecule has 0 saturated heterocycles. The Hall–Kier alpha value is -0.530. The van der Waals surface area contributed by atoms with Gasteiger partial charge in [-0.15, -0.1) is 0 Å². The molecule has 2 aliphatic rings. The lowest BCUT2D eigenvalue weighted by Gasteiger charge is -2.38. The van der Waals surface area contributed by atoms with Crippen LogP contribution >= 0.6 is 0 Å². The minimum Gasteiger partial charge on any atom is -0.481 e. The molecule has 0 heterocycles. The highest BCUT2D eigenvalue weighted by Crippen LogP contribution is 2.67. The highest BCUT2D eigenvalue weighted by molar-refractivity contribution is 5.66. The van der Waals surface area contributed by atoms with Gasteiger partial charge in [-0.3, -0.25) is 4.79 Å². The molecule has 0 amide bonds. The monoisotopic (exact) mass is 196 g/mol. The number of aliphatic carboxylic acids is 1. The molecule has 2 nitrogen and oxygen atoms in total. The fourth-order valence-electron chi connectivity index (χ4n) is 3.83. The fourth-order valence-corrected chi connectivity index (χ4v) is 3.83. The number of carbonyl (C=O) groups is 1. The third kappa shape index (κ3) is 1.19. The summed E-state index contributed by atoms with van der Waals surface area (Å²) in [5.41, 5.74) is 0.749. The average Bonchev–Trinajstić information content (AvgIpc) is 2.51. The summed E-state index contributed by atoms with van der Waals surface area (Å²) in [6.45, 7) is 4.68. The van der Waals surface area contributed by atoms with E-state index in [4.69, 9.17) is 5.11 Å². The molecule has 2 saturated carbocycles. The van der Waals surface area contributed by atoms with Crippen molar-refractivity contribution in [2.45, 2.75) is 52.4 Å². The van der Waals surface area contributed by atoms with Gasteiger partial charge in [-0.25, -0.2) is 0 Å². The first-order chi connectivity index (χ1) is 6.48. The summed E-state index contributed by atoms with van der Waals surface area (Å²) in [7, 11) is 0. The molecule has 1 atom stereocenters. The Kier molecular flexibility index (Phi) is 2.13. The number of hydrogen-bond donors (Lipinski definition) is 1. The molecule has 80 valence electrons. The number of carboxylic acids is 1. The Morgan fingerprint density at radius 1 is 1.36 bits per heavy atom. The topological polar surface area (TPSA) is 37.3 Å². The van der Waals surface area contributed by atoms with E-state index in [1.807, 2.05) is 0 Å². The van der Waals surface area contributed by atoms with Gasteiger partial charge in [0, 0.05) is 6.42 Å². The SMILES string of the molecule is CC12CCC(CC1)[C@@]2(C)CCC(=O)O. The van der Waals surface area contributed by atoms with Gasteiger partial charge in [0.25, 0.3) is 0 Å². The van der Waals surface area contributed by atoms with E-state index in [1.54, 1.807) is 0 Å². The predicted molar refractivity (Wildman–Crippen MR) is 55.0 cm³/mol. The van der Waals surface area contributed by atoms with Crippen molar-refractivity contribution in [1.82, 2.24) is 0 Å². The van der Waals surface area contributed by atoms with Crippen LogP contribution in [-0.4, -0.2) is 11.1 Å². The maximum Gasteiger partial charge on any atom is 0.303 e. The van der Waals surface area contributed by atoms with Gasteiger partial charge in [-0.2, -0.15) is 0 Å². The fraction of sp³-hybridized carbons (Fsp3) is 0.917. The molecule has 0 spiro atoms. The number of rotatable bonds is 3. The van der Waals surface area contributed by atoms with E-state index in [9.17, 15) is 4.79 Å². The van der Waals surface area contributed by atoms with Crippen LogP contribution in [0.15, 0.2) is 0 Å². The highest BCUT2D eigenvalue weighted by Gasteiger charge is 2.58. The van der Waals surface area contributed by atoms with E-state index in [0.29, 0.717) is 17.3 Å². The van der Waals surface area contributed by atoms with Crippen molar-refractivity contribution in [3.8, 4) is 0 Å². The lowest BCUT2D eigenvalue weighted by Crippen LogP contribution is -2.31. The molecule has 0 radical (unpaired) electrons. The molecule has 2 fully saturated rings. The van der Waals surface area contributed by atoms with E-state index < -0.39 is 5.97 Å². The second-order valence-electron chi connectivity index (χ2n) is 5.65. The quantitative estimate of drug-likeness (QED) is 0.753. The summed E-state index contributed by atoms with van der Waals surface area (Å²) in [5, 5.41) is 8.77. The standard InChI is InChI=1S/C12H20O2/c1-11-6-3-9(4-7-11)12(11,2)8-5-10(13)14/h9H,3-8H2,1-2H3,(H,13,14)/t9?,11?,12-/m1/s1. The van der Waals surface area contributed by atoms with Gasteiger partial charge in [0.05, 0.1) is 0 Å². The van der Waals surface area contributed by atoms with Gasteiger partial charge < -0.3 is 5.11 Å². The third-order valence-corrected chi connectivity index (χ3v) is 5.23. The predicted octanol–water partition coefficient (Wildman–Crippen LogP) is 3.07. The van der Waals surface area contributed by atoms with Crippen molar-refractivity contribution in [2.75, 3.05) is 0 Å². The van der Waals surface area contributed by atoms with Gasteiger partial charge >= 0.3 is 5.97 Å². The molecule has 2 bridgehead atoms. The molecule has 2 heteroatoms. The lowest BCUT2D eigenvalue weighted by molar-refractivity contribution is -0.138. The zero-order valence-electron chi connectivity index (χ0n) is 9.18. The van der Waals surface area contributed by atoms with Gasteiger partial charge in [0.1, 0.15) is 0 Å². The van der Waals surface area contributed by atoms with Crippen LogP contribution in [0.4, 0.5) is 0 Å². The van der Waals surface area contributed by atoms with E-state index in [-0.39, 0.29) is 0 Å². The maximum atomic E-state index is 10.6. The van der Waals surface area contributed by atoms with Crippen LogP contribution in [-0.2, 0) is 4.79 Å². The number of carboxylic acid groups (broad SMARTS) is 1. The minimum absolute atomic E-state index is 0.311. The van der Waals surface area contributed by atoms with Gasteiger partial charge in [-0.05, 0) is 48.9 Å². The van der Waals surface area contributed by atoms with Gasteiger partial charge in [-0.1, -0.05) is 13.8 Å². The third-order valence-electron chi connectivity index (χ3n) is 5.23. The maximum absolute atomic E-state index is 10.6. The first-order valence-electron chi connectivity index (χ1n) is 5.70. The van der Waals surface area contributed by atoms with Crippen LogP contribution in [0, 0.1) is 16.7 Å². The zero-order valence-corrected chi connectivity index (χ0v) is 9.18. The molecule has 0 aliphatic heterocycles. The van der Waals surface area contributed by atoms with Crippen LogP contribution in [0.2, 0.25) is 0 Å². The Labute approximate surface area is 85.7 Å². The zero-order chi connectivity index (χ0) is 10.4. The van der Waals surface area contributed by atoms with Crippen molar-refractivity contribution in [2.24, 2.45) is 16.7 Å². The summed E-state index contributed by atoms with van der Waals surface area (Å²) >= 11 is 0. The normalized spacial score (nSPS) is 45.7. The summed E-state index contributed by atoms with van der Waals surface area (Å²) in [6, 6.07) is 0. The minimum atomic E-state index is -0.638. The Balaban J connectivity index is 2.11. The Morgan fingerprint density at radius 3 is 2.29 bits per heavy atom. The molecule has 1 N–H and O–H groups in total. The molecule has 0 aromatic carbocycles. The van der Waals surface area contributed by atoms with E-state index in [0.717, 1.165) is 12.3 Å². The number of fused-ring (bicyclic) bond motifs is 2. The molecule has 2 rings (SSSR count). The van der Waals surface area contributed by atoms with Crippen LogP contribution in [0.5, 0.6) is 0 Å². The van der Waals surface area contributed by atoms with Crippen LogP contribution < -0.4 is 0 Å². The van der Waals surface area contributed by atoms with Crippen molar-refractivity contribution in [1.29, 1.82) is 0 Å². The van der Waals surface area contributed by atoms with Crippen molar-refractivity contribution in [3.63, 3.8) is 0 Å². The smallest absolute Gasteiger partial charge is 0.303 e. The molecular weight excluding hydrogens is 176 g/mol. The van der Waals surface area contributed by atoms with Crippen LogP contribution in [0.1, 0.15) is 52.4 Å². The summed E-state index contributed by atoms with van der Waals surface area (Å²) < 4.78 is 0. The Bertz CT molecular complexity index is 251. The molecule has 0 aromatic heterocycles. The molecule has 2 aliphatic carbocycles.